The lowest BCUT2D eigenvalue weighted by molar-refractivity contribution is 0.388. The first-order chi connectivity index (χ1) is 9.25. The number of anilines is 1. The van der Waals surface area contributed by atoms with Crippen molar-refractivity contribution in [2.45, 2.75) is 38.0 Å². The summed E-state index contributed by atoms with van der Waals surface area (Å²) in [5.74, 6) is 0.395. The Labute approximate surface area is 111 Å². The number of rotatable bonds is 2. The Balaban J connectivity index is 2.03. The molecule has 0 aliphatic heterocycles. The minimum atomic E-state index is -0.271. The van der Waals surface area contributed by atoms with Crippen LogP contribution in [0.2, 0.25) is 0 Å². The van der Waals surface area contributed by atoms with Gasteiger partial charge in [0.25, 0.3) is 0 Å². The molecule has 0 radical (unpaired) electrons. The maximum atomic E-state index is 13.4. The fourth-order valence-electron chi connectivity index (χ4n) is 2.90. The summed E-state index contributed by atoms with van der Waals surface area (Å²) in [6.45, 7) is 0. The Morgan fingerprint density at radius 2 is 2.00 bits per heavy atom. The molecule has 1 fully saturated rings. The number of aromatic nitrogens is 1. The summed E-state index contributed by atoms with van der Waals surface area (Å²) in [5, 5.41) is 4.12. The topological polar surface area (TPSA) is 52.0 Å². The number of hydrogen-bond donors (Lipinski definition) is 1. The van der Waals surface area contributed by atoms with Crippen LogP contribution < -0.4 is 5.73 Å². The van der Waals surface area contributed by atoms with Crippen molar-refractivity contribution in [2.75, 3.05) is 5.73 Å². The molecule has 1 aliphatic carbocycles. The zero-order valence-corrected chi connectivity index (χ0v) is 10.7. The number of hydrogen-bond acceptors (Lipinski definition) is 3. The van der Waals surface area contributed by atoms with Crippen LogP contribution in [0.4, 0.5) is 10.3 Å². The SMILES string of the molecule is Nc1onc(C2CCCCC2)c1-c1cccc(F)c1. The molecule has 1 saturated carbocycles. The Morgan fingerprint density at radius 3 is 2.74 bits per heavy atom. The summed E-state index contributed by atoms with van der Waals surface area (Å²) in [7, 11) is 0. The number of nitrogens with zero attached hydrogens (tertiary/aromatic N) is 1. The molecule has 0 saturated heterocycles. The van der Waals surface area contributed by atoms with Gasteiger partial charge in [-0.05, 0) is 30.5 Å². The minimum absolute atomic E-state index is 0.271. The standard InChI is InChI=1S/C15H17FN2O/c16-12-8-4-7-11(9-12)13-14(18-19-15(13)17)10-5-2-1-3-6-10/h4,7-10H,1-3,5-6,17H2. The Kier molecular flexibility index (Phi) is 3.23. The van der Waals surface area contributed by atoms with E-state index in [-0.39, 0.29) is 11.7 Å². The molecule has 0 amide bonds. The highest BCUT2D eigenvalue weighted by Crippen LogP contribution is 2.40. The van der Waals surface area contributed by atoms with E-state index in [1.54, 1.807) is 6.07 Å². The maximum absolute atomic E-state index is 13.4. The molecular weight excluding hydrogens is 243 g/mol. The highest BCUT2D eigenvalue weighted by Gasteiger charge is 2.25. The molecule has 0 atom stereocenters. The molecule has 1 aromatic heterocycles. The zero-order valence-electron chi connectivity index (χ0n) is 10.7. The van der Waals surface area contributed by atoms with E-state index in [1.165, 1.54) is 31.4 Å². The van der Waals surface area contributed by atoms with Crippen molar-refractivity contribution < 1.29 is 8.91 Å². The van der Waals surface area contributed by atoms with Crippen LogP contribution in [0.5, 0.6) is 0 Å². The lowest BCUT2D eigenvalue weighted by atomic mass is 9.84. The number of nitrogens with two attached hydrogens (primary N) is 1. The maximum Gasteiger partial charge on any atom is 0.230 e. The summed E-state index contributed by atoms with van der Waals surface area (Å²) in [5.41, 5.74) is 8.29. The number of nitrogen functional groups attached to an aromatic ring is 1. The molecule has 1 aliphatic rings. The quantitative estimate of drug-likeness (QED) is 0.884. The van der Waals surface area contributed by atoms with Crippen molar-refractivity contribution in [1.29, 1.82) is 0 Å². The van der Waals surface area contributed by atoms with Gasteiger partial charge in [-0.1, -0.05) is 36.6 Å². The predicted octanol–water partition coefficient (Wildman–Crippen LogP) is 4.11. The van der Waals surface area contributed by atoms with Gasteiger partial charge >= 0.3 is 0 Å². The number of benzene rings is 1. The van der Waals surface area contributed by atoms with Crippen molar-refractivity contribution in [2.24, 2.45) is 0 Å². The van der Waals surface area contributed by atoms with E-state index in [9.17, 15) is 4.39 Å². The molecule has 1 aromatic carbocycles. The lowest BCUT2D eigenvalue weighted by Gasteiger charge is -2.20. The molecule has 0 bridgehead atoms. The third kappa shape index (κ3) is 2.35. The summed E-state index contributed by atoms with van der Waals surface area (Å²) >= 11 is 0. The summed E-state index contributed by atoms with van der Waals surface area (Å²) in [6.07, 6.45) is 5.90. The van der Waals surface area contributed by atoms with Crippen LogP contribution in [0, 0.1) is 5.82 Å². The molecule has 3 nitrogen and oxygen atoms in total. The van der Waals surface area contributed by atoms with E-state index in [2.05, 4.69) is 5.16 Å². The highest BCUT2D eigenvalue weighted by atomic mass is 19.1. The van der Waals surface area contributed by atoms with E-state index in [0.29, 0.717) is 5.92 Å². The van der Waals surface area contributed by atoms with E-state index >= 15 is 0 Å². The van der Waals surface area contributed by atoms with Crippen molar-refractivity contribution in [3.8, 4) is 11.1 Å². The van der Waals surface area contributed by atoms with E-state index < -0.39 is 0 Å². The van der Waals surface area contributed by atoms with Gasteiger partial charge in [0, 0.05) is 5.92 Å². The fraction of sp³-hybridized carbons (Fsp3) is 0.400. The third-order valence-corrected chi connectivity index (χ3v) is 3.85. The van der Waals surface area contributed by atoms with Crippen molar-refractivity contribution in [3.05, 3.63) is 35.8 Å². The molecule has 4 heteroatoms. The second kappa shape index (κ2) is 5.03. The molecule has 0 spiro atoms. The van der Waals surface area contributed by atoms with Gasteiger partial charge in [-0.2, -0.15) is 0 Å². The van der Waals surface area contributed by atoms with Gasteiger partial charge in [-0.15, -0.1) is 0 Å². The van der Waals surface area contributed by atoms with Gasteiger partial charge in [0.15, 0.2) is 0 Å². The molecule has 2 N–H and O–H groups in total. The van der Waals surface area contributed by atoms with E-state index in [0.717, 1.165) is 29.7 Å². The first-order valence-corrected chi connectivity index (χ1v) is 6.76. The van der Waals surface area contributed by atoms with Gasteiger partial charge in [0.1, 0.15) is 5.82 Å². The second-order valence-corrected chi connectivity index (χ2v) is 5.15. The highest BCUT2D eigenvalue weighted by molar-refractivity contribution is 5.75. The van der Waals surface area contributed by atoms with Gasteiger partial charge in [0.05, 0.1) is 11.3 Å². The van der Waals surface area contributed by atoms with Crippen LogP contribution in [-0.2, 0) is 0 Å². The molecule has 3 rings (SSSR count). The predicted molar refractivity (Wildman–Crippen MR) is 72.1 cm³/mol. The second-order valence-electron chi connectivity index (χ2n) is 5.15. The average Bonchev–Trinajstić information content (AvgIpc) is 2.82. The largest absolute Gasteiger partial charge is 0.367 e. The van der Waals surface area contributed by atoms with Crippen LogP contribution in [0.15, 0.2) is 28.8 Å². The first-order valence-electron chi connectivity index (χ1n) is 6.76. The Hall–Kier alpha value is -1.84. The van der Waals surface area contributed by atoms with E-state index in [4.69, 9.17) is 10.3 Å². The third-order valence-electron chi connectivity index (χ3n) is 3.85. The van der Waals surface area contributed by atoms with Gasteiger partial charge in [0.2, 0.25) is 5.88 Å². The molecule has 100 valence electrons. The molecule has 1 heterocycles. The summed E-state index contributed by atoms with van der Waals surface area (Å²) in [6, 6.07) is 6.43. The zero-order chi connectivity index (χ0) is 13.2. The van der Waals surface area contributed by atoms with Crippen LogP contribution >= 0.6 is 0 Å². The minimum Gasteiger partial charge on any atom is -0.367 e. The van der Waals surface area contributed by atoms with Crippen LogP contribution in [0.25, 0.3) is 11.1 Å². The smallest absolute Gasteiger partial charge is 0.230 e. The summed E-state index contributed by atoms with van der Waals surface area (Å²) < 4.78 is 18.5. The fourth-order valence-corrected chi connectivity index (χ4v) is 2.90. The van der Waals surface area contributed by atoms with Crippen molar-refractivity contribution in [3.63, 3.8) is 0 Å². The Bertz CT molecular complexity index is 573. The normalized spacial score (nSPS) is 16.7. The van der Waals surface area contributed by atoms with Crippen molar-refractivity contribution >= 4 is 5.88 Å². The molecule has 2 aromatic rings. The van der Waals surface area contributed by atoms with Crippen LogP contribution in [0.1, 0.15) is 43.7 Å². The van der Waals surface area contributed by atoms with Crippen LogP contribution in [-0.4, -0.2) is 5.16 Å². The van der Waals surface area contributed by atoms with Crippen molar-refractivity contribution in [1.82, 2.24) is 5.16 Å². The number of halogens is 1. The van der Waals surface area contributed by atoms with Gasteiger partial charge in [-0.25, -0.2) is 4.39 Å². The Morgan fingerprint density at radius 1 is 1.21 bits per heavy atom. The molecular formula is C15H17FN2O. The van der Waals surface area contributed by atoms with E-state index in [1.807, 2.05) is 6.07 Å². The van der Waals surface area contributed by atoms with Crippen LogP contribution in [0.3, 0.4) is 0 Å². The molecule has 19 heavy (non-hydrogen) atoms. The molecule has 0 unspecified atom stereocenters. The first kappa shape index (κ1) is 12.2. The monoisotopic (exact) mass is 260 g/mol. The van der Waals surface area contributed by atoms with Gasteiger partial charge < -0.3 is 10.3 Å². The lowest BCUT2D eigenvalue weighted by Crippen LogP contribution is -2.06. The van der Waals surface area contributed by atoms with Gasteiger partial charge in [-0.3, -0.25) is 0 Å². The summed E-state index contributed by atoms with van der Waals surface area (Å²) in [4.78, 5) is 0. The average molecular weight is 260 g/mol.